The SMILES string of the molecule is C=C[C@@H](C#CCCCCCCCCCC)OC(C)=O. The normalized spacial score (nSPS) is 11.3. The van der Waals surface area contributed by atoms with Gasteiger partial charge in [0.15, 0.2) is 6.10 Å². The van der Waals surface area contributed by atoms with Crippen LogP contribution in [0.15, 0.2) is 12.7 Å². The highest BCUT2D eigenvalue weighted by molar-refractivity contribution is 5.66. The monoisotopic (exact) mass is 264 g/mol. The van der Waals surface area contributed by atoms with Crippen molar-refractivity contribution in [3.05, 3.63) is 12.7 Å². The van der Waals surface area contributed by atoms with E-state index in [0.29, 0.717) is 0 Å². The van der Waals surface area contributed by atoms with E-state index in [1.165, 1.54) is 51.9 Å². The number of hydrogen-bond donors (Lipinski definition) is 0. The van der Waals surface area contributed by atoms with Gasteiger partial charge in [0.1, 0.15) is 0 Å². The van der Waals surface area contributed by atoms with Gasteiger partial charge in [-0.05, 0) is 12.5 Å². The van der Waals surface area contributed by atoms with E-state index >= 15 is 0 Å². The Morgan fingerprint density at radius 3 is 2.26 bits per heavy atom. The molecule has 0 unspecified atom stereocenters. The number of carbonyl (C=O) groups is 1. The van der Waals surface area contributed by atoms with E-state index in [0.717, 1.165) is 12.8 Å². The summed E-state index contributed by atoms with van der Waals surface area (Å²) in [6.45, 7) is 7.22. The lowest BCUT2D eigenvalue weighted by molar-refractivity contribution is -0.142. The largest absolute Gasteiger partial charge is 0.445 e. The third-order valence-electron chi connectivity index (χ3n) is 2.91. The van der Waals surface area contributed by atoms with Crippen LogP contribution in [0.3, 0.4) is 0 Å². The predicted molar refractivity (Wildman–Crippen MR) is 80.8 cm³/mol. The van der Waals surface area contributed by atoms with Crippen LogP contribution in [-0.4, -0.2) is 12.1 Å². The Kier molecular flexibility index (Phi) is 12.4. The second-order valence-electron chi connectivity index (χ2n) is 4.81. The van der Waals surface area contributed by atoms with Crippen molar-refractivity contribution in [1.29, 1.82) is 0 Å². The Labute approximate surface area is 118 Å². The van der Waals surface area contributed by atoms with Crippen LogP contribution in [0.5, 0.6) is 0 Å². The zero-order valence-electron chi connectivity index (χ0n) is 12.5. The van der Waals surface area contributed by atoms with Crippen LogP contribution >= 0.6 is 0 Å². The quantitative estimate of drug-likeness (QED) is 0.249. The molecule has 0 aromatic rings. The van der Waals surface area contributed by atoms with Crippen LogP contribution in [0, 0.1) is 11.8 Å². The molecule has 1 atom stereocenters. The highest BCUT2D eigenvalue weighted by atomic mass is 16.5. The van der Waals surface area contributed by atoms with Crippen LogP contribution in [-0.2, 0) is 9.53 Å². The van der Waals surface area contributed by atoms with Crippen molar-refractivity contribution in [2.75, 3.05) is 0 Å². The molecule has 0 heterocycles. The maximum absolute atomic E-state index is 10.8. The zero-order chi connectivity index (χ0) is 14.3. The van der Waals surface area contributed by atoms with Crippen molar-refractivity contribution in [2.45, 2.75) is 77.7 Å². The predicted octanol–water partition coefficient (Wildman–Crippen LogP) is 4.64. The summed E-state index contributed by atoms with van der Waals surface area (Å²) in [6.07, 6.45) is 12.4. The Morgan fingerprint density at radius 2 is 1.74 bits per heavy atom. The molecule has 0 spiro atoms. The fraction of sp³-hybridized carbons (Fsp3) is 0.706. The minimum absolute atomic E-state index is 0.314. The molecule has 0 saturated heterocycles. The van der Waals surface area contributed by atoms with Gasteiger partial charge in [-0.15, -0.1) is 0 Å². The van der Waals surface area contributed by atoms with E-state index in [-0.39, 0.29) is 5.97 Å². The average molecular weight is 264 g/mol. The van der Waals surface area contributed by atoms with Gasteiger partial charge < -0.3 is 4.74 Å². The van der Waals surface area contributed by atoms with Crippen molar-refractivity contribution >= 4 is 5.97 Å². The smallest absolute Gasteiger partial charge is 0.304 e. The molecule has 0 aliphatic carbocycles. The van der Waals surface area contributed by atoms with Gasteiger partial charge in [-0.3, -0.25) is 4.79 Å². The van der Waals surface area contributed by atoms with E-state index in [1.54, 1.807) is 6.08 Å². The van der Waals surface area contributed by atoms with Gasteiger partial charge in [0.05, 0.1) is 0 Å². The number of ether oxygens (including phenoxy) is 1. The van der Waals surface area contributed by atoms with Crippen LogP contribution in [0.2, 0.25) is 0 Å². The fourth-order valence-corrected chi connectivity index (χ4v) is 1.84. The second kappa shape index (κ2) is 13.2. The molecule has 0 amide bonds. The first-order valence-corrected chi connectivity index (χ1v) is 7.48. The van der Waals surface area contributed by atoms with Crippen LogP contribution in [0.4, 0.5) is 0 Å². The molecule has 2 heteroatoms. The van der Waals surface area contributed by atoms with E-state index in [4.69, 9.17) is 4.74 Å². The minimum Gasteiger partial charge on any atom is -0.445 e. The van der Waals surface area contributed by atoms with Crippen molar-refractivity contribution in [2.24, 2.45) is 0 Å². The number of rotatable bonds is 10. The molecule has 0 N–H and O–H groups in total. The summed E-state index contributed by atoms with van der Waals surface area (Å²) in [5.74, 6) is 5.65. The van der Waals surface area contributed by atoms with Gasteiger partial charge in [0, 0.05) is 13.3 Å². The molecule has 19 heavy (non-hydrogen) atoms. The molecule has 0 rings (SSSR count). The summed E-state index contributed by atoms with van der Waals surface area (Å²) in [7, 11) is 0. The highest BCUT2D eigenvalue weighted by Gasteiger charge is 2.01. The van der Waals surface area contributed by atoms with Crippen molar-refractivity contribution in [1.82, 2.24) is 0 Å². The van der Waals surface area contributed by atoms with Crippen molar-refractivity contribution in [3.8, 4) is 11.8 Å². The molecule has 0 fully saturated rings. The first kappa shape index (κ1) is 17.8. The zero-order valence-corrected chi connectivity index (χ0v) is 12.5. The molecule has 0 bridgehead atoms. The molecule has 0 saturated carbocycles. The van der Waals surface area contributed by atoms with E-state index in [2.05, 4.69) is 25.3 Å². The van der Waals surface area contributed by atoms with Gasteiger partial charge in [-0.1, -0.05) is 70.3 Å². The second-order valence-corrected chi connectivity index (χ2v) is 4.81. The summed E-state index contributed by atoms with van der Waals surface area (Å²) < 4.78 is 4.95. The third kappa shape index (κ3) is 13.0. The Hall–Kier alpha value is -1.23. The lowest BCUT2D eigenvalue weighted by atomic mass is 10.1. The Morgan fingerprint density at radius 1 is 1.16 bits per heavy atom. The van der Waals surface area contributed by atoms with Crippen molar-refractivity contribution < 1.29 is 9.53 Å². The van der Waals surface area contributed by atoms with E-state index in [1.807, 2.05) is 0 Å². The molecular formula is C17H28O2. The molecule has 0 aliphatic rings. The molecular weight excluding hydrogens is 236 g/mol. The van der Waals surface area contributed by atoms with Gasteiger partial charge in [0.25, 0.3) is 0 Å². The minimum atomic E-state index is -0.452. The van der Waals surface area contributed by atoms with Crippen molar-refractivity contribution in [3.63, 3.8) is 0 Å². The van der Waals surface area contributed by atoms with Gasteiger partial charge in [-0.25, -0.2) is 0 Å². The molecule has 108 valence electrons. The van der Waals surface area contributed by atoms with Crippen LogP contribution in [0.25, 0.3) is 0 Å². The van der Waals surface area contributed by atoms with Crippen LogP contribution < -0.4 is 0 Å². The first-order valence-electron chi connectivity index (χ1n) is 7.48. The summed E-state index contributed by atoms with van der Waals surface area (Å²) >= 11 is 0. The standard InChI is InChI=1S/C17H28O2/c1-4-6-7-8-9-10-11-12-13-14-15-17(5-2)19-16(3)18/h5,17H,2,4,6-13H2,1,3H3/t17-/m0/s1. The first-order chi connectivity index (χ1) is 9.20. The molecule has 0 aliphatic heterocycles. The number of unbranched alkanes of at least 4 members (excludes halogenated alkanes) is 8. The number of hydrogen-bond acceptors (Lipinski definition) is 2. The average Bonchev–Trinajstić information content (AvgIpc) is 2.39. The van der Waals surface area contributed by atoms with E-state index in [9.17, 15) is 4.79 Å². The fourth-order valence-electron chi connectivity index (χ4n) is 1.84. The molecule has 0 aromatic heterocycles. The maximum atomic E-state index is 10.8. The molecule has 0 radical (unpaired) electrons. The number of carbonyl (C=O) groups excluding carboxylic acids is 1. The Bertz CT molecular complexity index is 296. The molecule has 2 nitrogen and oxygen atoms in total. The summed E-state index contributed by atoms with van der Waals surface area (Å²) in [5, 5.41) is 0. The van der Waals surface area contributed by atoms with Gasteiger partial charge in [0.2, 0.25) is 0 Å². The van der Waals surface area contributed by atoms with Gasteiger partial charge >= 0.3 is 5.97 Å². The number of esters is 1. The summed E-state index contributed by atoms with van der Waals surface area (Å²) in [5.41, 5.74) is 0. The van der Waals surface area contributed by atoms with E-state index < -0.39 is 6.10 Å². The van der Waals surface area contributed by atoms with Crippen LogP contribution in [0.1, 0.15) is 71.6 Å². The summed E-state index contributed by atoms with van der Waals surface area (Å²) in [6, 6.07) is 0. The third-order valence-corrected chi connectivity index (χ3v) is 2.91. The van der Waals surface area contributed by atoms with Gasteiger partial charge in [-0.2, -0.15) is 0 Å². The Balaban J connectivity index is 3.47. The topological polar surface area (TPSA) is 26.3 Å². The molecule has 0 aromatic carbocycles. The highest BCUT2D eigenvalue weighted by Crippen LogP contribution is 2.09. The lowest BCUT2D eigenvalue weighted by Crippen LogP contribution is -2.10. The maximum Gasteiger partial charge on any atom is 0.304 e. The lowest BCUT2D eigenvalue weighted by Gasteiger charge is -2.04. The summed E-state index contributed by atoms with van der Waals surface area (Å²) in [4.78, 5) is 10.8.